The molecule has 3 aromatic rings. The van der Waals surface area contributed by atoms with Crippen LogP contribution < -0.4 is 14.2 Å². The maximum Gasteiger partial charge on any atom is 0.420 e. The van der Waals surface area contributed by atoms with Crippen LogP contribution in [0.5, 0.6) is 17.2 Å². The number of aromatic nitrogens is 2. The fraction of sp³-hybridized carbons (Fsp3) is 0.360. The van der Waals surface area contributed by atoms with Crippen LogP contribution in [0.2, 0.25) is 0 Å². The van der Waals surface area contributed by atoms with E-state index in [-0.39, 0.29) is 23.8 Å². The largest absolute Gasteiger partial charge is 0.496 e. The van der Waals surface area contributed by atoms with E-state index in [0.717, 1.165) is 17.5 Å². The lowest BCUT2D eigenvalue weighted by atomic mass is 9.88. The first-order valence-electron chi connectivity index (χ1n) is 11.2. The van der Waals surface area contributed by atoms with Gasteiger partial charge in [0, 0.05) is 29.7 Å². The maximum absolute atomic E-state index is 13.7. The van der Waals surface area contributed by atoms with E-state index in [1.54, 1.807) is 24.5 Å². The number of hydrogen-bond donors (Lipinski definition) is 2. The van der Waals surface area contributed by atoms with E-state index in [4.69, 9.17) is 14.2 Å². The van der Waals surface area contributed by atoms with Gasteiger partial charge >= 0.3 is 6.18 Å². The molecule has 0 saturated carbocycles. The molecule has 2 N–H and O–H groups in total. The van der Waals surface area contributed by atoms with E-state index in [1.807, 2.05) is 13.0 Å². The Morgan fingerprint density at radius 2 is 1.94 bits per heavy atom. The Labute approximate surface area is 200 Å². The van der Waals surface area contributed by atoms with Gasteiger partial charge in [0.15, 0.2) is 11.5 Å². The summed E-state index contributed by atoms with van der Waals surface area (Å²) in [7, 11) is 1.20. The molecule has 2 aromatic carbocycles. The highest BCUT2D eigenvalue weighted by atomic mass is 19.4. The van der Waals surface area contributed by atoms with Crippen molar-refractivity contribution in [3.05, 3.63) is 70.5 Å². The third kappa shape index (κ3) is 5.43. The van der Waals surface area contributed by atoms with Crippen molar-refractivity contribution in [2.75, 3.05) is 13.7 Å². The molecule has 186 valence electrons. The van der Waals surface area contributed by atoms with E-state index in [2.05, 4.69) is 15.2 Å². The molecule has 0 saturated heterocycles. The summed E-state index contributed by atoms with van der Waals surface area (Å²) in [5, 5.41) is 17.2. The molecule has 4 rings (SSSR count). The number of aliphatic hydroxyl groups is 1. The van der Waals surface area contributed by atoms with Crippen LogP contribution in [0.25, 0.3) is 0 Å². The quantitative estimate of drug-likeness (QED) is 0.461. The van der Waals surface area contributed by atoms with Crippen molar-refractivity contribution in [3.8, 4) is 17.2 Å². The number of aromatic amines is 1. The van der Waals surface area contributed by atoms with Gasteiger partial charge in [0.25, 0.3) is 0 Å². The molecule has 0 aliphatic carbocycles. The van der Waals surface area contributed by atoms with E-state index >= 15 is 0 Å². The number of hydrogen-bond acceptors (Lipinski definition) is 6. The molecule has 7 nitrogen and oxygen atoms in total. The highest BCUT2D eigenvalue weighted by molar-refractivity contribution is 5.80. The van der Waals surface area contributed by atoms with Gasteiger partial charge in [-0.15, -0.1) is 0 Å². The first kappa shape index (κ1) is 24.6. The fourth-order valence-corrected chi connectivity index (χ4v) is 4.09. The third-order valence-corrected chi connectivity index (χ3v) is 5.73. The molecule has 2 unspecified atom stereocenters. The number of rotatable bonds is 8. The molecule has 1 aliphatic heterocycles. The van der Waals surface area contributed by atoms with Gasteiger partial charge in [-0.25, -0.2) is 0 Å². The highest BCUT2D eigenvalue weighted by Gasteiger charge is 2.37. The molecule has 2 heterocycles. The number of nitrogens with zero attached hydrogens (tertiary/aromatic N) is 2. The van der Waals surface area contributed by atoms with Crippen molar-refractivity contribution < 1.29 is 32.5 Å². The fourth-order valence-electron chi connectivity index (χ4n) is 4.09. The van der Waals surface area contributed by atoms with Crippen LogP contribution in [0.3, 0.4) is 0 Å². The molecule has 0 radical (unpaired) electrons. The van der Waals surface area contributed by atoms with Crippen LogP contribution in [0.4, 0.5) is 13.2 Å². The Morgan fingerprint density at radius 3 is 2.69 bits per heavy atom. The molecule has 0 fully saturated rings. The molecule has 1 aliphatic rings. The Balaban J connectivity index is 1.64. The number of benzene rings is 2. The summed E-state index contributed by atoms with van der Waals surface area (Å²) in [6.07, 6.45) is -1.14. The van der Waals surface area contributed by atoms with Crippen LogP contribution in [0.15, 0.2) is 47.6 Å². The summed E-state index contributed by atoms with van der Waals surface area (Å²) < 4.78 is 57.7. The first-order valence-corrected chi connectivity index (χ1v) is 11.2. The Hall–Kier alpha value is -3.53. The van der Waals surface area contributed by atoms with Crippen LogP contribution in [-0.4, -0.2) is 41.5 Å². The summed E-state index contributed by atoms with van der Waals surface area (Å²) >= 11 is 0. The predicted octanol–water partition coefficient (Wildman–Crippen LogP) is 5.08. The van der Waals surface area contributed by atoms with Gasteiger partial charge in [-0.3, -0.25) is 10.1 Å². The molecule has 1 aromatic heterocycles. The Bertz CT molecular complexity index is 1190. The van der Waals surface area contributed by atoms with Crippen LogP contribution in [-0.2, 0) is 12.8 Å². The summed E-state index contributed by atoms with van der Waals surface area (Å²) in [5.41, 5.74) is 1.52. The van der Waals surface area contributed by atoms with Crippen molar-refractivity contribution in [2.24, 2.45) is 4.99 Å². The maximum atomic E-state index is 13.7. The van der Waals surface area contributed by atoms with Crippen molar-refractivity contribution in [3.63, 3.8) is 0 Å². The number of fused-ring (bicyclic) bond motifs is 1. The number of aliphatic imine (C=N–C) groups is 1. The summed E-state index contributed by atoms with van der Waals surface area (Å²) in [6, 6.07) is 9.40. The zero-order chi connectivity index (χ0) is 25.0. The van der Waals surface area contributed by atoms with E-state index in [1.165, 1.54) is 25.3 Å². The number of methoxy groups -OCH3 is 1. The number of halogens is 3. The van der Waals surface area contributed by atoms with Crippen molar-refractivity contribution in [1.29, 1.82) is 0 Å². The van der Waals surface area contributed by atoms with Crippen LogP contribution in [0, 0.1) is 0 Å². The molecule has 0 bridgehead atoms. The second-order valence-corrected chi connectivity index (χ2v) is 8.12. The second kappa shape index (κ2) is 10.4. The molecule has 0 spiro atoms. The highest BCUT2D eigenvalue weighted by Crippen LogP contribution is 2.41. The molecular formula is C25H26F3N3O4. The zero-order valence-electron chi connectivity index (χ0n) is 19.3. The average molecular weight is 489 g/mol. The van der Waals surface area contributed by atoms with Crippen molar-refractivity contribution in [1.82, 2.24) is 10.2 Å². The van der Waals surface area contributed by atoms with Crippen molar-refractivity contribution >= 4 is 6.21 Å². The summed E-state index contributed by atoms with van der Waals surface area (Å²) in [6.45, 7) is 2.03. The number of aliphatic hydroxyl groups excluding tert-OH is 1. The minimum atomic E-state index is -4.60. The summed E-state index contributed by atoms with van der Waals surface area (Å²) in [5.74, 6) is 0.248. The lowest BCUT2D eigenvalue weighted by molar-refractivity contribution is -0.139. The smallest absolute Gasteiger partial charge is 0.420 e. The van der Waals surface area contributed by atoms with Gasteiger partial charge in [-0.05, 0) is 30.2 Å². The minimum absolute atomic E-state index is 0.0468. The van der Waals surface area contributed by atoms with Gasteiger partial charge in [-0.1, -0.05) is 25.1 Å². The van der Waals surface area contributed by atoms with Gasteiger partial charge in [0.05, 0.1) is 25.6 Å². The predicted molar refractivity (Wildman–Crippen MR) is 123 cm³/mol. The Kier molecular flexibility index (Phi) is 7.30. The molecular weight excluding hydrogens is 463 g/mol. The van der Waals surface area contributed by atoms with E-state index < -0.39 is 18.0 Å². The number of nitrogens with one attached hydrogen (secondary N) is 1. The number of H-pyrrole nitrogens is 1. The van der Waals surface area contributed by atoms with Gasteiger partial charge in [0.1, 0.15) is 24.1 Å². The third-order valence-electron chi connectivity index (χ3n) is 5.73. The molecule has 10 heteroatoms. The van der Waals surface area contributed by atoms with Gasteiger partial charge in [0.2, 0.25) is 0 Å². The number of alkyl halides is 3. The molecule has 0 amide bonds. The Morgan fingerprint density at radius 1 is 1.11 bits per heavy atom. The zero-order valence-corrected chi connectivity index (χ0v) is 19.3. The SMILES string of the molecule is CCCOc1cc(C2CC(O)N=Cc3[nH]ncc32)ccc1OCc1cccc(OC)c1C(F)(F)F. The lowest BCUT2D eigenvalue weighted by Crippen LogP contribution is -2.13. The first-order chi connectivity index (χ1) is 16.8. The van der Waals surface area contributed by atoms with Crippen LogP contribution in [0.1, 0.15) is 53.6 Å². The normalized spacial score (nSPS) is 17.5. The van der Waals surface area contributed by atoms with Gasteiger partial charge in [-0.2, -0.15) is 18.3 Å². The van der Waals surface area contributed by atoms with E-state index in [0.29, 0.717) is 30.2 Å². The van der Waals surface area contributed by atoms with Crippen LogP contribution >= 0.6 is 0 Å². The molecule has 2 atom stereocenters. The summed E-state index contributed by atoms with van der Waals surface area (Å²) in [4.78, 5) is 4.11. The topological polar surface area (TPSA) is 89.0 Å². The molecule has 35 heavy (non-hydrogen) atoms. The van der Waals surface area contributed by atoms with E-state index in [9.17, 15) is 18.3 Å². The van der Waals surface area contributed by atoms with Crippen molar-refractivity contribution in [2.45, 2.75) is 44.7 Å². The van der Waals surface area contributed by atoms with Gasteiger partial charge < -0.3 is 19.3 Å². The minimum Gasteiger partial charge on any atom is -0.496 e. The average Bonchev–Trinajstić information content (AvgIpc) is 3.25. The second-order valence-electron chi connectivity index (χ2n) is 8.12. The number of ether oxygens (including phenoxy) is 3. The lowest BCUT2D eigenvalue weighted by Gasteiger charge is -2.20. The standard InChI is InChI=1S/C25H26F3N3O4/c1-3-9-34-22-10-15(17-11-23(32)29-13-19-18(17)12-30-31-19)7-8-20(22)35-14-16-5-4-6-21(33-2)24(16)25(26,27)28/h4-8,10,12-13,17,23,32H,3,9,11,14H2,1-2H3,(H,30,31). The monoisotopic (exact) mass is 489 g/mol.